The van der Waals surface area contributed by atoms with Crippen LogP contribution in [0.2, 0.25) is 0 Å². The normalized spacial score (nSPS) is 15.1. The molecule has 1 aliphatic carbocycles. The van der Waals surface area contributed by atoms with Crippen molar-refractivity contribution in [2.45, 2.75) is 38.1 Å². The van der Waals surface area contributed by atoms with Crippen LogP contribution in [-0.4, -0.2) is 40.0 Å². The summed E-state index contributed by atoms with van der Waals surface area (Å²) in [5, 5.41) is 11.5. The van der Waals surface area contributed by atoms with Gasteiger partial charge in [0.2, 0.25) is 5.78 Å². The summed E-state index contributed by atoms with van der Waals surface area (Å²) in [6.07, 6.45) is 11.3. The van der Waals surface area contributed by atoms with E-state index in [0.29, 0.717) is 11.5 Å². The lowest BCUT2D eigenvalue weighted by Gasteiger charge is -2.16. The van der Waals surface area contributed by atoms with E-state index in [4.69, 9.17) is 0 Å². The van der Waals surface area contributed by atoms with Crippen molar-refractivity contribution in [2.24, 2.45) is 0 Å². The summed E-state index contributed by atoms with van der Waals surface area (Å²) in [7, 11) is 0. The number of carbonyl (C=O) groups excluding carboxylic acids is 1. The van der Waals surface area contributed by atoms with Gasteiger partial charge in [0.15, 0.2) is 5.69 Å². The van der Waals surface area contributed by atoms with Crippen molar-refractivity contribution in [2.75, 3.05) is 0 Å². The molecule has 38 heavy (non-hydrogen) atoms. The Hall–Kier alpha value is -4.44. The molecule has 10 heteroatoms. The van der Waals surface area contributed by atoms with Crippen LogP contribution in [0, 0.1) is 6.92 Å². The average molecular weight is 521 g/mol. The minimum Gasteiger partial charge on any atom is -0.342 e. The van der Waals surface area contributed by atoms with Gasteiger partial charge in [-0.25, -0.2) is 19.6 Å². The minimum atomic E-state index is -0.246. The molecule has 1 unspecified atom stereocenters. The molecule has 0 radical (unpaired) electrons. The first-order valence-corrected chi connectivity index (χ1v) is 13.4. The summed E-state index contributed by atoms with van der Waals surface area (Å²) in [4.78, 5) is 30.9. The second-order valence-electron chi connectivity index (χ2n) is 9.79. The number of benzene rings is 1. The zero-order valence-electron chi connectivity index (χ0n) is 20.9. The van der Waals surface area contributed by atoms with Crippen molar-refractivity contribution in [3.63, 3.8) is 0 Å². The molecule has 0 aliphatic heterocycles. The highest BCUT2D eigenvalue weighted by atomic mass is 32.1. The summed E-state index contributed by atoms with van der Waals surface area (Å²) in [5.41, 5.74) is 5.27. The number of hydrogen-bond acceptors (Lipinski definition) is 7. The van der Waals surface area contributed by atoms with Crippen molar-refractivity contribution in [3.05, 3.63) is 100 Å². The molecule has 1 fully saturated rings. The third kappa shape index (κ3) is 3.76. The number of fused-ring (bicyclic) bond motifs is 2. The largest absolute Gasteiger partial charge is 0.342 e. The third-order valence-electron chi connectivity index (χ3n) is 7.19. The Balaban J connectivity index is 1.19. The first kappa shape index (κ1) is 22.7. The van der Waals surface area contributed by atoms with E-state index in [0.717, 1.165) is 45.8 Å². The molecular weight excluding hydrogens is 496 g/mol. The Bertz CT molecular complexity index is 1830. The highest BCUT2D eigenvalue weighted by Gasteiger charge is 2.48. The van der Waals surface area contributed by atoms with Gasteiger partial charge >= 0.3 is 0 Å². The predicted octanol–water partition coefficient (Wildman–Crippen LogP) is 4.80. The maximum Gasteiger partial charge on any atom is 0.272 e. The number of imidazole rings is 1. The number of aryl methyl sites for hydroxylation is 1. The highest BCUT2D eigenvalue weighted by molar-refractivity contribution is 7.09. The fraction of sp³-hybridized carbons (Fsp3) is 0.214. The van der Waals surface area contributed by atoms with Gasteiger partial charge in [-0.3, -0.25) is 14.2 Å². The van der Waals surface area contributed by atoms with Gasteiger partial charge in [-0.1, -0.05) is 12.1 Å². The van der Waals surface area contributed by atoms with Crippen molar-refractivity contribution in [1.82, 2.24) is 39.4 Å². The molecule has 6 aromatic rings. The van der Waals surface area contributed by atoms with Crippen LogP contribution in [0.25, 0.3) is 22.4 Å². The van der Waals surface area contributed by atoms with Crippen molar-refractivity contribution in [3.8, 4) is 5.69 Å². The number of aromatic nitrogens is 7. The number of thiazole rings is 1. The van der Waals surface area contributed by atoms with Gasteiger partial charge in [0.05, 0.1) is 35.3 Å². The van der Waals surface area contributed by atoms with E-state index in [1.165, 1.54) is 16.9 Å². The summed E-state index contributed by atoms with van der Waals surface area (Å²) < 4.78 is 3.72. The number of hydrogen-bond donors (Lipinski definition) is 1. The second kappa shape index (κ2) is 8.56. The fourth-order valence-electron chi connectivity index (χ4n) is 5.02. The number of pyridine rings is 1. The Morgan fingerprint density at radius 3 is 2.82 bits per heavy atom. The molecule has 5 heterocycles. The monoisotopic (exact) mass is 520 g/mol. The molecule has 1 amide bonds. The zero-order valence-corrected chi connectivity index (χ0v) is 21.7. The van der Waals surface area contributed by atoms with Gasteiger partial charge in [-0.15, -0.1) is 11.3 Å². The summed E-state index contributed by atoms with van der Waals surface area (Å²) in [5.74, 6) is 0.388. The van der Waals surface area contributed by atoms with Gasteiger partial charge in [-0.05, 0) is 56.5 Å². The molecule has 7 rings (SSSR count). The number of amides is 1. The molecule has 1 aliphatic rings. The lowest BCUT2D eigenvalue weighted by molar-refractivity contribution is 0.0934. The molecule has 5 aromatic heterocycles. The Morgan fingerprint density at radius 2 is 2.00 bits per heavy atom. The van der Waals surface area contributed by atoms with E-state index in [1.54, 1.807) is 23.1 Å². The summed E-state index contributed by atoms with van der Waals surface area (Å²) >= 11 is 1.53. The Morgan fingerprint density at radius 1 is 1.13 bits per heavy atom. The molecule has 9 nitrogen and oxygen atoms in total. The molecule has 188 valence electrons. The number of nitrogens with one attached hydrogen (secondary N) is 1. The molecule has 1 saturated carbocycles. The van der Waals surface area contributed by atoms with E-state index >= 15 is 0 Å². The van der Waals surface area contributed by atoms with Gasteiger partial charge < -0.3 is 5.32 Å². The van der Waals surface area contributed by atoms with E-state index in [9.17, 15) is 4.79 Å². The van der Waals surface area contributed by atoms with Crippen molar-refractivity contribution >= 4 is 33.9 Å². The van der Waals surface area contributed by atoms with E-state index in [1.807, 2.05) is 48.3 Å². The third-order valence-corrected chi connectivity index (χ3v) is 8.33. The van der Waals surface area contributed by atoms with E-state index in [2.05, 4.69) is 54.6 Å². The van der Waals surface area contributed by atoms with Crippen LogP contribution in [0.1, 0.15) is 58.3 Å². The van der Waals surface area contributed by atoms with Crippen LogP contribution in [-0.2, 0) is 5.41 Å². The summed E-state index contributed by atoms with van der Waals surface area (Å²) in [6.45, 7) is 3.86. The quantitative estimate of drug-likeness (QED) is 0.338. The van der Waals surface area contributed by atoms with Crippen LogP contribution < -0.4 is 5.32 Å². The zero-order chi connectivity index (χ0) is 25.9. The molecule has 1 N–H and O–H groups in total. The predicted molar refractivity (Wildman–Crippen MR) is 145 cm³/mol. The van der Waals surface area contributed by atoms with Crippen LogP contribution >= 0.6 is 11.3 Å². The lowest BCUT2D eigenvalue weighted by Crippen LogP contribution is -2.27. The first-order valence-electron chi connectivity index (χ1n) is 12.5. The molecule has 0 bridgehead atoms. The molecule has 0 saturated heterocycles. The van der Waals surface area contributed by atoms with Gasteiger partial charge in [0, 0.05) is 40.5 Å². The van der Waals surface area contributed by atoms with Crippen molar-refractivity contribution in [1.29, 1.82) is 0 Å². The van der Waals surface area contributed by atoms with E-state index < -0.39 is 0 Å². The molecular formula is C28H24N8OS. The smallest absolute Gasteiger partial charge is 0.272 e. The highest BCUT2D eigenvalue weighted by Crippen LogP contribution is 2.53. The van der Waals surface area contributed by atoms with Gasteiger partial charge in [0.25, 0.3) is 5.91 Å². The SMILES string of the molecule is Cc1csc(C(C)NC(=O)c2ccn(-c3cnc4ncc(C5(c6ccc7ncccc7c6)CC5)n4c3)n2)n1. The van der Waals surface area contributed by atoms with Gasteiger partial charge in [-0.2, -0.15) is 5.10 Å². The summed E-state index contributed by atoms with van der Waals surface area (Å²) in [6, 6.07) is 12.1. The lowest BCUT2D eigenvalue weighted by atomic mass is 9.91. The standard InChI is InChI=1S/C28H24N8OS/c1-17-16-38-26(32-17)18(2)33-25(37)23-7-11-36(34-23)21-13-30-27-31-14-24(35(27)15-21)28(8-9-28)20-5-6-22-19(12-20)4-3-10-29-22/h3-7,10-16,18H,8-9H2,1-2H3,(H,33,37). The number of nitrogens with zero attached hydrogens (tertiary/aromatic N) is 7. The average Bonchev–Trinajstić information content (AvgIpc) is 3.27. The van der Waals surface area contributed by atoms with E-state index in [-0.39, 0.29) is 17.4 Å². The topological polar surface area (TPSA) is 103 Å². The Kier molecular flexibility index (Phi) is 5.12. The molecule has 0 spiro atoms. The number of rotatable bonds is 6. The minimum absolute atomic E-state index is 0.108. The van der Waals surface area contributed by atoms with Crippen LogP contribution in [0.5, 0.6) is 0 Å². The maximum atomic E-state index is 12.8. The van der Waals surface area contributed by atoms with Gasteiger partial charge in [0.1, 0.15) is 5.01 Å². The number of carbonyl (C=O) groups is 1. The van der Waals surface area contributed by atoms with Crippen LogP contribution in [0.4, 0.5) is 0 Å². The fourth-order valence-corrected chi connectivity index (χ4v) is 5.82. The molecule has 1 atom stereocenters. The molecule has 1 aromatic carbocycles. The van der Waals surface area contributed by atoms with Crippen LogP contribution in [0.15, 0.2) is 72.8 Å². The maximum absolute atomic E-state index is 12.8. The van der Waals surface area contributed by atoms with Crippen molar-refractivity contribution < 1.29 is 4.79 Å². The Labute approximate surface area is 222 Å². The first-order chi connectivity index (χ1) is 18.5. The second-order valence-corrected chi connectivity index (χ2v) is 10.7. The van der Waals surface area contributed by atoms with Crippen LogP contribution in [0.3, 0.4) is 0 Å².